The SMILES string of the molecule is C=CC[C@H]1C(=O)C(C)(C)[C@@H](O[Si](C)(C)C(C)(C)C)CC(=O)O[C@H](c2ccc3sc(C)nc3c2)C/C=C(\C)CCC[C@H](C)[C@@H]1OC(=O)OCc1ccc(OC(=O)CCCN2C(=O)C=CC2=O)c([N+](=O)[O-])c1. The fraction of sp³-hybridized carbons (Fsp3) is 0.519. The highest BCUT2D eigenvalue weighted by molar-refractivity contribution is 7.18. The van der Waals surface area contributed by atoms with Gasteiger partial charge in [-0.05, 0) is 99.3 Å². The number of nitro benzene ring substituents is 1. The molecule has 0 unspecified atom stereocenters. The molecule has 3 heterocycles. The number of aromatic nitrogens is 1. The number of hydrogen-bond donors (Lipinski definition) is 0. The van der Waals surface area contributed by atoms with Gasteiger partial charge in [-0.2, -0.15) is 0 Å². The summed E-state index contributed by atoms with van der Waals surface area (Å²) >= 11 is 1.59. The van der Waals surface area contributed by atoms with Gasteiger partial charge in [-0.1, -0.05) is 71.4 Å². The Morgan fingerprint density at radius 1 is 1.07 bits per heavy atom. The number of esters is 2. The zero-order valence-corrected chi connectivity index (χ0v) is 43.8. The summed E-state index contributed by atoms with van der Waals surface area (Å²) in [4.78, 5) is 96.6. The smallest absolute Gasteiger partial charge is 0.457 e. The molecule has 0 N–H and O–H groups in total. The van der Waals surface area contributed by atoms with E-state index in [4.69, 9.17) is 23.4 Å². The van der Waals surface area contributed by atoms with Crippen LogP contribution in [0.3, 0.4) is 0 Å². The van der Waals surface area contributed by atoms with E-state index in [0.29, 0.717) is 25.7 Å². The highest BCUT2D eigenvalue weighted by Crippen LogP contribution is 2.43. The molecule has 0 bridgehead atoms. The predicted molar refractivity (Wildman–Crippen MR) is 267 cm³/mol. The number of carbonyl (C=O) groups excluding carboxylic acids is 6. The lowest BCUT2D eigenvalue weighted by molar-refractivity contribution is -0.385. The molecule has 0 saturated heterocycles. The number of nitrogens with zero attached hydrogens (tertiary/aromatic N) is 3. The zero-order valence-electron chi connectivity index (χ0n) is 42.0. The number of Topliss-reactive ketones (excluding diaryl/α,β-unsaturated/α-hetero) is 1. The number of ether oxygens (including phenoxy) is 4. The van der Waals surface area contributed by atoms with Crippen LogP contribution in [0.5, 0.6) is 5.75 Å². The number of aryl methyl sites for hydroxylation is 1. The molecule has 2 amide bonds. The minimum Gasteiger partial charge on any atom is -0.457 e. The van der Waals surface area contributed by atoms with Gasteiger partial charge in [-0.3, -0.25) is 39.0 Å². The molecule has 5 atom stereocenters. The summed E-state index contributed by atoms with van der Waals surface area (Å²) < 4.78 is 31.3. The molecule has 5 rings (SSSR count). The number of fused-ring (bicyclic) bond motifs is 1. The van der Waals surface area contributed by atoms with Crippen molar-refractivity contribution in [2.24, 2.45) is 17.3 Å². The second-order valence-electron chi connectivity index (χ2n) is 20.3. The molecule has 0 saturated carbocycles. The number of hydrogen-bond acceptors (Lipinski definition) is 15. The van der Waals surface area contributed by atoms with E-state index >= 15 is 4.79 Å². The van der Waals surface area contributed by atoms with Crippen molar-refractivity contribution in [3.05, 3.63) is 99.1 Å². The van der Waals surface area contributed by atoms with Gasteiger partial charge in [0.2, 0.25) is 5.75 Å². The van der Waals surface area contributed by atoms with Crippen molar-refractivity contribution in [3.8, 4) is 5.75 Å². The largest absolute Gasteiger partial charge is 0.508 e. The maximum absolute atomic E-state index is 15.3. The summed E-state index contributed by atoms with van der Waals surface area (Å²) in [6.45, 7) is 23.2. The van der Waals surface area contributed by atoms with Crippen molar-refractivity contribution in [3.63, 3.8) is 0 Å². The minimum absolute atomic E-state index is 0.0267. The first-order valence-electron chi connectivity index (χ1n) is 23.7. The molecule has 0 spiro atoms. The summed E-state index contributed by atoms with van der Waals surface area (Å²) in [5.74, 6) is -4.28. The normalized spacial score (nSPS) is 22.6. The van der Waals surface area contributed by atoms with Crippen LogP contribution in [0, 0.1) is 34.3 Å². The molecular weight excluding hydrogens is 935 g/mol. The fourth-order valence-electron chi connectivity index (χ4n) is 8.30. The number of nitro groups is 1. The summed E-state index contributed by atoms with van der Waals surface area (Å²) in [5, 5.41) is 12.7. The van der Waals surface area contributed by atoms with Gasteiger partial charge in [-0.15, -0.1) is 17.9 Å². The molecule has 378 valence electrons. The lowest BCUT2D eigenvalue weighted by Crippen LogP contribution is -2.53. The summed E-state index contributed by atoms with van der Waals surface area (Å²) in [7, 11) is -2.65. The molecule has 2 aromatic carbocycles. The van der Waals surface area contributed by atoms with Gasteiger partial charge >= 0.3 is 23.8 Å². The van der Waals surface area contributed by atoms with E-state index < -0.39 is 85.1 Å². The number of rotatable bonds is 14. The van der Waals surface area contributed by atoms with Crippen LogP contribution in [-0.2, 0) is 49.2 Å². The van der Waals surface area contributed by atoms with Crippen molar-refractivity contribution in [1.29, 1.82) is 0 Å². The second-order valence-corrected chi connectivity index (χ2v) is 26.3. The topological polar surface area (TPSA) is 208 Å². The summed E-state index contributed by atoms with van der Waals surface area (Å²) in [5.41, 5.74) is 1.03. The third-order valence-corrected chi connectivity index (χ3v) is 19.0. The van der Waals surface area contributed by atoms with Crippen LogP contribution in [0.4, 0.5) is 10.5 Å². The standard InChI is InChI=1S/C52H67N3O13SSi/c1-12-15-37-48(67-50(61)64-31-35-20-23-41(39(28-35)55(62)63)66-46(58)18-14-27-54-44(56)25-26-45(54)57)33(3)17-13-16-32(2)19-22-40(36-21-24-42-38(29-36)53-34(4)69-42)65-47(59)30-43(52(8,9)49(37)60)68-70(10,11)51(5,6)7/h12,19-21,23-26,28-29,33,37,40,43,48H,1,13-18,22,27,30-31H2,2-11H3/b32-19+/t33-,37+,40-,43-,48-/m0/s1. The Balaban J connectivity index is 1.39. The molecular formula is C52H67N3O13SSi. The first kappa shape index (κ1) is 55.1. The van der Waals surface area contributed by atoms with Crippen molar-refractivity contribution >= 4 is 71.2 Å². The van der Waals surface area contributed by atoms with E-state index in [1.54, 1.807) is 31.3 Å². The van der Waals surface area contributed by atoms with E-state index in [1.807, 2.05) is 39.0 Å². The van der Waals surface area contributed by atoms with Gasteiger partial charge in [0.25, 0.3) is 11.8 Å². The number of allylic oxidation sites excluding steroid dienone is 2. The molecule has 0 aliphatic carbocycles. The molecule has 18 heteroatoms. The quantitative estimate of drug-likeness (QED) is 0.0280. The number of thiazole rings is 1. The Bertz CT molecular complexity index is 2520. The van der Waals surface area contributed by atoms with Crippen LogP contribution >= 0.6 is 11.3 Å². The molecule has 0 radical (unpaired) electrons. The number of imide groups is 1. The second kappa shape index (κ2) is 23.4. The maximum atomic E-state index is 15.3. The Labute approximate surface area is 415 Å². The van der Waals surface area contributed by atoms with Crippen LogP contribution in [0.25, 0.3) is 10.2 Å². The molecule has 16 nitrogen and oxygen atoms in total. The van der Waals surface area contributed by atoms with Gasteiger partial charge in [0.15, 0.2) is 8.32 Å². The van der Waals surface area contributed by atoms with Crippen LogP contribution in [0.15, 0.2) is 72.9 Å². The molecule has 0 fully saturated rings. The highest BCUT2D eigenvalue weighted by atomic mass is 32.1. The Morgan fingerprint density at radius 2 is 1.77 bits per heavy atom. The molecule has 1 aromatic heterocycles. The number of ketones is 1. The molecule has 2 aliphatic heterocycles. The maximum Gasteiger partial charge on any atom is 0.508 e. The third kappa shape index (κ3) is 14.1. The molecule has 3 aromatic rings. The van der Waals surface area contributed by atoms with Crippen LogP contribution in [0.2, 0.25) is 18.1 Å². The summed E-state index contributed by atoms with van der Waals surface area (Å²) in [6, 6.07) is 9.65. The fourth-order valence-corrected chi connectivity index (χ4v) is 10.6. The van der Waals surface area contributed by atoms with Crippen molar-refractivity contribution in [2.45, 2.75) is 150 Å². The molecule has 70 heavy (non-hydrogen) atoms. The summed E-state index contributed by atoms with van der Waals surface area (Å²) in [6.07, 6.45) is 4.36. The Morgan fingerprint density at radius 3 is 2.43 bits per heavy atom. The number of benzene rings is 2. The predicted octanol–water partition coefficient (Wildman–Crippen LogP) is 11.2. The number of amides is 2. The van der Waals surface area contributed by atoms with E-state index in [2.05, 4.69) is 51.5 Å². The van der Waals surface area contributed by atoms with Crippen LogP contribution in [-0.4, -0.2) is 77.6 Å². The van der Waals surface area contributed by atoms with Gasteiger partial charge in [0.1, 0.15) is 24.6 Å². The first-order chi connectivity index (χ1) is 32.8. The average molecular weight is 1000 g/mol. The first-order valence-corrected chi connectivity index (χ1v) is 27.4. The zero-order chi connectivity index (χ0) is 51.7. The van der Waals surface area contributed by atoms with Crippen molar-refractivity contribution < 1.29 is 57.1 Å². The van der Waals surface area contributed by atoms with Gasteiger partial charge in [0.05, 0.1) is 38.6 Å². The van der Waals surface area contributed by atoms with Gasteiger partial charge in [0, 0.05) is 43.0 Å². The van der Waals surface area contributed by atoms with Crippen molar-refractivity contribution in [2.75, 3.05) is 6.54 Å². The van der Waals surface area contributed by atoms with Gasteiger partial charge < -0.3 is 23.4 Å². The van der Waals surface area contributed by atoms with Gasteiger partial charge in [-0.25, -0.2) is 9.78 Å². The minimum atomic E-state index is -2.65. The average Bonchev–Trinajstić information content (AvgIpc) is 3.82. The monoisotopic (exact) mass is 1000 g/mol. The van der Waals surface area contributed by atoms with Crippen LogP contribution in [0.1, 0.15) is 122 Å². The number of carbonyl (C=O) groups is 6. The Kier molecular flexibility index (Phi) is 18.4. The Hall–Kier alpha value is -5.85. The lowest BCUT2D eigenvalue weighted by atomic mass is 9.71. The molecule has 2 aliphatic rings. The third-order valence-electron chi connectivity index (χ3n) is 13.5. The van der Waals surface area contributed by atoms with E-state index in [0.717, 1.165) is 49.5 Å². The van der Waals surface area contributed by atoms with E-state index in [1.165, 1.54) is 12.1 Å². The van der Waals surface area contributed by atoms with Crippen molar-refractivity contribution in [1.82, 2.24) is 9.88 Å². The van der Waals surface area contributed by atoms with Crippen LogP contribution < -0.4 is 4.74 Å². The van der Waals surface area contributed by atoms with E-state index in [-0.39, 0.29) is 60.3 Å². The number of cyclic esters (lactones) is 1. The lowest BCUT2D eigenvalue weighted by Gasteiger charge is -2.45. The van der Waals surface area contributed by atoms with E-state index in [9.17, 15) is 34.1 Å². The highest BCUT2D eigenvalue weighted by Gasteiger charge is 2.50.